The molecule has 0 aliphatic heterocycles. The molecule has 58 valence electrons. The minimum absolute atomic E-state index is 1.09. The normalized spacial score (nSPS) is 9.55. The van der Waals surface area contributed by atoms with Crippen molar-refractivity contribution in [2.24, 2.45) is 0 Å². The highest BCUT2D eigenvalue weighted by Crippen LogP contribution is 2.10. The van der Waals surface area contributed by atoms with Gasteiger partial charge in [0.05, 0.1) is 0 Å². The molecular formula is C10H12S. The third kappa shape index (κ3) is 2.43. The van der Waals surface area contributed by atoms with E-state index in [-0.39, 0.29) is 0 Å². The zero-order valence-electron chi connectivity index (χ0n) is 6.71. The van der Waals surface area contributed by atoms with E-state index in [1.165, 1.54) is 11.1 Å². The molecule has 0 spiro atoms. The van der Waals surface area contributed by atoms with Crippen LogP contribution in [0.1, 0.15) is 11.1 Å². The Morgan fingerprint density at radius 2 is 2.00 bits per heavy atom. The lowest BCUT2D eigenvalue weighted by molar-refractivity contribution is 1.41. The zero-order valence-corrected chi connectivity index (χ0v) is 7.53. The molecule has 11 heavy (non-hydrogen) atoms. The fraction of sp³-hybridized carbons (Fsp3) is 0.200. The third-order valence-corrected chi connectivity index (χ3v) is 2.15. The van der Waals surface area contributed by atoms with E-state index in [4.69, 9.17) is 0 Å². The molecule has 1 aromatic carbocycles. The minimum atomic E-state index is 1.09. The number of rotatable bonds is 3. The van der Waals surface area contributed by atoms with Gasteiger partial charge in [-0.3, -0.25) is 0 Å². The summed E-state index contributed by atoms with van der Waals surface area (Å²) in [7, 11) is 0. The summed E-state index contributed by atoms with van der Waals surface area (Å²) in [4.78, 5) is 0. The van der Waals surface area contributed by atoms with Gasteiger partial charge < -0.3 is 0 Å². The molecule has 0 bridgehead atoms. The lowest BCUT2D eigenvalue weighted by Gasteiger charge is -1.97. The van der Waals surface area contributed by atoms with E-state index < -0.39 is 0 Å². The SMILES string of the molecule is C=Cc1ccc(CSC)cc1. The van der Waals surface area contributed by atoms with Crippen molar-refractivity contribution in [2.45, 2.75) is 5.75 Å². The van der Waals surface area contributed by atoms with Crippen molar-refractivity contribution in [3.63, 3.8) is 0 Å². The monoisotopic (exact) mass is 164 g/mol. The quantitative estimate of drug-likeness (QED) is 0.661. The van der Waals surface area contributed by atoms with Crippen LogP contribution in [-0.4, -0.2) is 6.26 Å². The van der Waals surface area contributed by atoms with Crippen LogP contribution in [0, 0.1) is 0 Å². The van der Waals surface area contributed by atoms with Gasteiger partial charge in [-0.05, 0) is 17.4 Å². The van der Waals surface area contributed by atoms with Gasteiger partial charge in [0.1, 0.15) is 0 Å². The van der Waals surface area contributed by atoms with Crippen LogP contribution >= 0.6 is 11.8 Å². The fourth-order valence-corrected chi connectivity index (χ4v) is 1.44. The van der Waals surface area contributed by atoms with Crippen LogP contribution in [-0.2, 0) is 5.75 Å². The molecule has 0 N–H and O–H groups in total. The van der Waals surface area contributed by atoms with E-state index in [0.29, 0.717) is 0 Å². The molecule has 1 rings (SSSR count). The highest BCUT2D eigenvalue weighted by atomic mass is 32.2. The van der Waals surface area contributed by atoms with Crippen molar-refractivity contribution < 1.29 is 0 Å². The predicted molar refractivity (Wildman–Crippen MR) is 53.8 cm³/mol. The summed E-state index contributed by atoms with van der Waals surface area (Å²) in [6.45, 7) is 3.70. The summed E-state index contributed by atoms with van der Waals surface area (Å²) >= 11 is 1.84. The van der Waals surface area contributed by atoms with Crippen LogP contribution in [0.2, 0.25) is 0 Å². The van der Waals surface area contributed by atoms with Crippen LogP contribution < -0.4 is 0 Å². The molecule has 1 aromatic rings. The van der Waals surface area contributed by atoms with E-state index >= 15 is 0 Å². The van der Waals surface area contributed by atoms with E-state index in [9.17, 15) is 0 Å². The van der Waals surface area contributed by atoms with Crippen LogP contribution in [0.3, 0.4) is 0 Å². The van der Waals surface area contributed by atoms with Crippen molar-refractivity contribution in [1.82, 2.24) is 0 Å². The second kappa shape index (κ2) is 4.24. The molecular weight excluding hydrogens is 152 g/mol. The van der Waals surface area contributed by atoms with Gasteiger partial charge in [-0.25, -0.2) is 0 Å². The van der Waals surface area contributed by atoms with Gasteiger partial charge in [0.25, 0.3) is 0 Å². The van der Waals surface area contributed by atoms with Gasteiger partial charge in [-0.15, -0.1) is 0 Å². The second-order valence-electron chi connectivity index (χ2n) is 2.38. The molecule has 0 saturated carbocycles. The molecule has 1 heteroatoms. The zero-order chi connectivity index (χ0) is 8.10. The highest BCUT2D eigenvalue weighted by Gasteiger charge is 1.89. The molecule has 0 unspecified atom stereocenters. The number of benzene rings is 1. The maximum absolute atomic E-state index is 3.70. The van der Waals surface area contributed by atoms with E-state index in [2.05, 4.69) is 37.1 Å². The Kier molecular flexibility index (Phi) is 3.24. The Balaban J connectivity index is 2.74. The summed E-state index contributed by atoms with van der Waals surface area (Å²) in [6, 6.07) is 8.48. The molecule has 0 heterocycles. The average Bonchev–Trinajstić information content (AvgIpc) is 2.07. The third-order valence-electron chi connectivity index (χ3n) is 1.53. The molecule has 0 fully saturated rings. The van der Waals surface area contributed by atoms with Crippen molar-refractivity contribution >= 4 is 17.8 Å². The summed E-state index contributed by atoms with van der Waals surface area (Å²) in [5, 5.41) is 0. The Bertz CT molecular complexity index is 223. The standard InChI is InChI=1S/C10H12S/c1-3-9-4-6-10(7-5-9)8-11-2/h3-7H,1,8H2,2H3. The van der Waals surface area contributed by atoms with Gasteiger partial charge in [0, 0.05) is 5.75 Å². The minimum Gasteiger partial charge on any atom is -0.161 e. The van der Waals surface area contributed by atoms with Crippen LogP contribution in [0.15, 0.2) is 30.8 Å². The maximum atomic E-state index is 3.70. The first-order chi connectivity index (χ1) is 5.36. The number of hydrogen-bond acceptors (Lipinski definition) is 1. The molecule has 0 atom stereocenters. The van der Waals surface area contributed by atoms with Crippen molar-refractivity contribution in [3.8, 4) is 0 Å². The molecule has 0 aliphatic rings. The predicted octanol–water partition coefficient (Wildman–Crippen LogP) is 3.19. The van der Waals surface area contributed by atoms with E-state index in [0.717, 1.165) is 5.75 Å². The topological polar surface area (TPSA) is 0 Å². The largest absolute Gasteiger partial charge is 0.161 e. The number of thioether (sulfide) groups is 1. The van der Waals surface area contributed by atoms with Crippen molar-refractivity contribution in [3.05, 3.63) is 42.0 Å². The highest BCUT2D eigenvalue weighted by molar-refractivity contribution is 7.97. The van der Waals surface area contributed by atoms with Gasteiger partial charge in [-0.2, -0.15) is 11.8 Å². The first kappa shape index (κ1) is 8.41. The Morgan fingerprint density at radius 3 is 2.45 bits per heavy atom. The molecule has 0 saturated heterocycles. The molecule has 0 nitrogen and oxygen atoms in total. The van der Waals surface area contributed by atoms with E-state index in [1.807, 2.05) is 17.8 Å². The summed E-state index contributed by atoms with van der Waals surface area (Å²) in [5.74, 6) is 1.09. The van der Waals surface area contributed by atoms with Crippen molar-refractivity contribution in [2.75, 3.05) is 6.26 Å². The Hall–Kier alpha value is -0.690. The fourth-order valence-electron chi connectivity index (χ4n) is 0.917. The van der Waals surface area contributed by atoms with Gasteiger partial charge in [0.15, 0.2) is 0 Å². The van der Waals surface area contributed by atoms with Gasteiger partial charge in [-0.1, -0.05) is 36.9 Å². The first-order valence-electron chi connectivity index (χ1n) is 3.57. The van der Waals surface area contributed by atoms with Gasteiger partial charge >= 0.3 is 0 Å². The molecule has 0 aliphatic carbocycles. The van der Waals surface area contributed by atoms with E-state index in [1.54, 1.807) is 0 Å². The van der Waals surface area contributed by atoms with Gasteiger partial charge in [0.2, 0.25) is 0 Å². The Morgan fingerprint density at radius 1 is 1.36 bits per heavy atom. The number of hydrogen-bond donors (Lipinski definition) is 0. The first-order valence-corrected chi connectivity index (χ1v) is 4.96. The molecule has 0 aromatic heterocycles. The molecule has 0 radical (unpaired) electrons. The molecule has 0 amide bonds. The Labute approximate surface area is 72.3 Å². The average molecular weight is 164 g/mol. The lowest BCUT2D eigenvalue weighted by Crippen LogP contribution is -1.78. The van der Waals surface area contributed by atoms with Crippen molar-refractivity contribution in [1.29, 1.82) is 0 Å². The van der Waals surface area contributed by atoms with Crippen LogP contribution in [0.25, 0.3) is 6.08 Å². The summed E-state index contributed by atoms with van der Waals surface area (Å²) < 4.78 is 0. The summed E-state index contributed by atoms with van der Waals surface area (Å²) in [6.07, 6.45) is 3.98. The van der Waals surface area contributed by atoms with Crippen LogP contribution in [0.4, 0.5) is 0 Å². The second-order valence-corrected chi connectivity index (χ2v) is 3.24. The smallest absolute Gasteiger partial charge is 0.0181 e. The van der Waals surface area contributed by atoms with Crippen LogP contribution in [0.5, 0.6) is 0 Å². The maximum Gasteiger partial charge on any atom is 0.0181 e. The lowest BCUT2D eigenvalue weighted by atomic mass is 10.1. The summed E-state index contributed by atoms with van der Waals surface area (Å²) in [5.41, 5.74) is 2.57.